The monoisotopic (exact) mass is 414 g/mol. The number of aryl methyl sites for hydroxylation is 1. The summed E-state index contributed by atoms with van der Waals surface area (Å²) >= 11 is 0. The standard InChI is InChI=1S/C23H31FN4O2/c1-5-26(6-2)22(29)16-25-11-13-27(14-12-25)23(30)19-15-17(3)28(18(19)4)21-10-8-7-9-20(21)24/h7-10,15H,5-6,11-14,16H2,1-4H3. The summed E-state index contributed by atoms with van der Waals surface area (Å²) in [4.78, 5) is 31.2. The van der Waals surface area contributed by atoms with Crippen LogP contribution in [0.25, 0.3) is 5.69 Å². The van der Waals surface area contributed by atoms with Crippen LogP contribution in [0.4, 0.5) is 4.39 Å². The summed E-state index contributed by atoms with van der Waals surface area (Å²) in [6.07, 6.45) is 0. The van der Waals surface area contributed by atoms with Crippen LogP contribution in [-0.4, -0.2) is 76.9 Å². The van der Waals surface area contributed by atoms with E-state index in [0.29, 0.717) is 57.1 Å². The number of rotatable bonds is 6. The molecule has 1 saturated heterocycles. The van der Waals surface area contributed by atoms with Gasteiger partial charge in [-0.1, -0.05) is 12.1 Å². The van der Waals surface area contributed by atoms with Crippen molar-refractivity contribution in [2.24, 2.45) is 0 Å². The number of halogens is 1. The summed E-state index contributed by atoms with van der Waals surface area (Å²) in [7, 11) is 0. The Labute approximate surface area is 177 Å². The third-order valence-electron chi connectivity index (χ3n) is 5.89. The molecule has 7 heteroatoms. The lowest BCUT2D eigenvalue weighted by Crippen LogP contribution is -2.51. The number of hydrogen-bond donors (Lipinski definition) is 0. The number of likely N-dealkylation sites (N-methyl/N-ethyl adjacent to an activating group) is 1. The van der Waals surface area contributed by atoms with Gasteiger partial charge in [0, 0.05) is 50.7 Å². The van der Waals surface area contributed by atoms with Crippen LogP contribution in [0.15, 0.2) is 30.3 Å². The molecule has 0 unspecified atom stereocenters. The predicted molar refractivity (Wildman–Crippen MR) is 115 cm³/mol. The van der Waals surface area contributed by atoms with Gasteiger partial charge in [-0.25, -0.2) is 4.39 Å². The topological polar surface area (TPSA) is 48.8 Å². The van der Waals surface area contributed by atoms with Gasteiger partial charge in [-0.15, -0.1) is 0 Å². The lowest BCUT2D eigenvalue weighted by Gasteiger charge is -2.35. The van der Waals surface area contributed by atoms with Crippen LogP contribution in [0.5, 0.6) is 0 Å². The second kappa shape index (κ2) is 9.43. The van der Waals surface area contributed by atoms with Gasteiger partial charge in [0.2, 0.25) is 5.91 Å². The quantitative estimate of drug-likeness (QED) is 0.730. The summed E-state index contributed by atoms with van der Waals surface area (Å²) in [6, 6.07) is 8.42. The SMILES string of the molecule is CCN(CC)C(=O)CN1CCN(C(=O)c2cc(C)n(-c3ccccc3F)c2C)CC1. The van der Waals surface area contributed by atoms with Gasteiger partial charge in [0.05, 0.1) is 17.8 Å². The molecule has 2 amide bonds. The molecule has 2 heterocycles. The van der Waals surface area contributed by atoms with Crippen molar-refractivity contribution < 1.29 is 14.0 Å². The number of benzene rings is 1. The third kappa shape index (κ3) is 4.41. The minimum absolute atomic E-state index is 0.0413. The van der Waals surface area contributed by atoms with Crippen molar-refractivity contribution in [2.45, 2.75) is 27.7 Å². The van der Waals surface area contributed by atoms with E-state index in [0.717, 1.165) is 11.4 Å². The van der Waals surface area contributed by atoms with Crippen molar-refractivity contribution in [3.8, 4) is 5.69 Å². The Bertz CT molecular complexity index is 912. The van der Waals surface area contributed by atoms with Gasteiger partial charge in [-0.3, -0.25) is 14.5 Å². The number of hydrogen-bond acceptors (Lipinski definition) is 3. The zero-order valence-electron chi connectivity index (χ0n) is 18.3. The van der Waals surface area contributed by atoms with Crippen LogP contribution in [0.2, 0.25) is 0 Å². The molecule has 1 aromatic carbocycles. The fourth-order valence-electron chi connectivity index (χ4n) is 4.13. The van der Waals surface area contributed by atoms with E-state index in [1.807, 2.05) is 43.6 Å². The maximum atomic E-state index is 14.3. The molecule has 0 saturated carbocycles. The zero-order chi connectivity index (χ0) is 21.8. The highest BCUT2D eigenvalue weighted by atomic mass is 19.1. The van der Waals surface area contributed by atoms with E-state index in [1.165, 1.54) is 6.07 Å². The number of carbonyl (C=O) groups is 2. The Hall–Kier alpha value is -2.67. The third-order valence-corrected chi connectivity index (χ3v) is 5.89. The molecule has 0 spiro atoms. The predicted octanol–water partition coefficient (Wildman–Crippen LogP) is 2.86. The number of nitrogens with zero attached hydrogens (tertiary/aromatic N) is 4. The highest BCUT2D eigenvalue weighted by Crippen LogP contribution is 2.24. The number of amides is 2. The van der Waals surface area contributed by atoms with Gasteiger partial charge >= 0.3 is 0 Å². The van der Waals surface area contributed by atoms with Gasteiger partial charge in [0.15, 0.2) is 0 Å². The summed E-state index contributed by atoms with van der Waals surface area (Å²) in [5.74, 6) is -0.224. The lowest BCUT2D eigenvalue weighted by molar-refractivity contribution is -0.132. The molecule has 162 valence electrons. The molecule has 1 aromatic heterocycles. The summed E-state index contributed by atoms with van der Waals surface area (Å²) < 4.78 is 16.1. The van der Waals surface area contributed by atoms with Crippen LogP contribution in [0.3, 0.4) is 0 Å². The molecule has 2 aromatic rings. The van der Waals surface area contributed by atoms with Crippen LogP contribution in [0.1, 0.15) is 35.6 Å². The van der Waals surface area contributed by atoms with E-state index in [9.17, 15) is 14.0 Å². The Morgan fingerprint density at radius 3 is 2.27 bits per heavy atom. The molecular weight excluding hydrogens is 383 g/mol. The smallest absolute Gasteiger partial charge is 0.255 e. The molecule has 0 N–H and O–H groups in total. The first-order valence-electron chi connectivity index (χ1n) is 10.6. The number of aromatic nitrogens is 1. The van der Waals surface area contributed by atoms with E-state index < -0.39 is 0 Å². The van der Waals surface area contributed by atoms with Crippen molar-refractivity contribution in [1.82, 2.24) is 19.3 Å². The van der Waals surface area contributed by atoms with Crippen LogP contribution < -0.4 is 0 Å². The van der Waals surface area contributed by atoms with E-state index >= 15 is 0 Å². The average molecular weight is 415 g/mol. The molecule has 0 bridgehead atoms. The van der Waals surface area contributed by atoms with Gasteiger partial charge < -0.3 is 14.4 Å². The van der Waals surface area contributed by atoms with Gasteiger partial charge in [-0.2, -0.15) is 0 Å². The molecule has 1 aliphatic heterocycles. The molecule has 3 rings (SSSR count). The fraction of sp³-hybridized carbons (Fsp3) is 0.478. The highest BCUT2D eigenvalue weighted by Gasteiger charge is 2.27. The Morgan fingerprint density at radius 1 is 1.03 bits per heavy atom. The average Bonchev–Trinajstić information content (AvgIpc) is 3.03. The van der Waals surface area contributed by atoms with E-state index in [-0.39, 0.29) is 17.6 Å². The van der Waals surface area contributed by atoms with Crippen molar-refractivity contribution in [2.75, 3.05) is 45.8 Å². The lowest BCUT2D eigenvalue weighted by atomic mass is 10.2. The van der Waals surface area contributed by atoms with E-state index in [1.54, 1.807) is 22.8 Å². The molecule has 1 fully saturated rings. The van der Waals surface area contributed by atoms with Gasteiger partial charge in [0.25, 0.3) is 5.91 Å². The first kappa shape index (κ1) is 22.0. The zero-order valence-corrected chi connectivity index (χ0v) is 18.3. The van der Waals surface area contributed by atoms with E-state index in [4.69, 9.17) is 0 Å². The van der Waals surface area contributed by atoms with Crippen molar-refractivity contribution >= 4 is 11.8 Å². The molecule has 6 nitrogen and oxygen atoms in total. The van der Waals surface area contributed by atoms with Crippen LogP contribution in [0, 0.1) is 19.7 Å². The van der Waals surface area contributed by atoms with Crippen LogP contribution in [-0.2, 0) is 4.79 Å². The Kier molecular flexibility index (Phi) is 6.92. The van der Waals surface area contributed by atoms with Crippen molar-refractivity contribution in [1.29, 1.82) is 0 Å². The summed E-state index contributed by atoms with van der Waals surface area (Å²) in [5.41, 5.74) is 2.61. The van der Waals surface area contributed by atoms with Crippen molar-refractivity contribution in [3.05, 3.63) is 53.1 Å². The van der Waals surface area contributed by atoms with E-state index in [2.05, 4.69) is 4.90 Å². The number of para-hydroxylation sites is 1. The minimum atomic E-state index is -0.315. The Balaban J connectivity index is 1.68. The largest absolute Gasteiger partial charge is 0.342 e. The fourth-order valence-corrected chi connectivity index (χ4v) is 4.13. The molecule has 0 aliphatic carbocycles. The molecular formula is C23H31FN4O2. The number of carbonyl (C=O) groups excluding carboxylic acids is 2. The number of piperazine rings is 1. The second-order valence-electron chi connectivity index (χ2n) is 7.71. The molecule has 0 radical (unpaired) electrons. The van der Waals surface area contributed by atoms with Gasteiger partial charge in [-0.05, 0) is 45.9 Å². The Morgan fingerprint density at radius 2 is 1.67 bits per heavy atom. The second-order valence-corrected chi connectivity index (χ2v) is 7.71. The molecule has 30 heavy (non-hydrogen) atoms. The van der Waals surface area contributed by atoms with Crippen molar-refractivity contribution in [3.63, 3.8) is 0 Å². The summed E-state index contributed by atoms with van der Waals surface area (Å²) in [6.45, 7) is 12.0. The maximum absolute atomic E-state index is 14.3. The first-order valence-corrected chi connectivity index (χ1v) is 10.6. The minimum Gasteiger partial charge on any atom is -0.342 e. The first-order chi connectivity index (χ1) is 14.4. The van der Waals surface area contributed by atoms with Crippen LogP contribution >= 0.6 is 0 Å². The molecule has 1 aliphatic rings. The van der Waals surface area contributed by atoms with Gasteiger partial charge in [0.1, 0.15) is 5.82 Å². The maximum Gasteiger partial charge on any atom is 0.255 e. The molecule has 0 atom stereocenters. The summed E-state index contributed by atoms with van der Waals surface area (Å²) in [5, 5.41) is 0. The highest BCUT2D eigenvalue weighted by molar-refractivity contribution is 5.96. The normalized spacial score (nSPS) is 14.8.